The molecular formula is C28H33F3N6O. The Morgan fingerprint density at radius 1 is 1.00 bits per heavy atom. The second-order valence-electron chi connectivity index (χ2n) is 10.4. The zero-order valence-corrected chi connectivity index (χ0v) is 21.7. The van der Waals surface area contributed by atoms with Crippen LogP contribution in [0.3, 0.4) is 0 Å². The zero-order valence-electron chi connectivity index (χ0n) is 21.7. The summed E-state index contributed by atoms with van der Waals surface area (Å²) in [5.41, 5.74) is 3.95. The number of nitrogens with zero attached hydrogens (tertiary/aromatic N) is 4. The molecule has 3 aromatic rings. The second kappa shape index (κ2) is 10.8. The van der Waals surface area contributed by atoms with Crippen LogP contribution >= 0.6 is 0 Å². The van der Waals surface area contributed by atoms with Crippen LogP contribution in [0.25, 0.3) is 5.69 Å². The molecule has 1 unspecified atom stereocenters. The van der Waals surface area contributed by atoms with Crippen LogP contribution in [0.2, 0.25) is 0 Å². The summed E-state index contributed by atoms with van der Waals surface area (Å²) in [5.74, 6) is -1.53. The van der Waals surface area contributed by atoms with E-state index in [1.807, 2.05) is 26.0 Å². The molecule has 1 aliphatic carbocycles. The Morgan fingerprint density at radius 2 is 1.68 bits per heavy atom. The monoisotopic (exact) mass is 526 g/mol. The number of likely N-dealkylation sites (tertiary alicyclic amines) is 1. The van der Waals surface area contributed by atoms with Crippen molar-refractivity contribution in [3.63, 3.8) is 0 Å². The van der Waals surface area contributed by atoms with Crippen LogP contribution in [-0.2, 0) is 19.0 Å². The van der Waals surface area contributed by atoms with Crippen molar-refractivity contribution >= 4 is 17.5 Å². The van der Waals surface area contributed by atoms with Gasteiger partial charge in [0.1, 0.15) is 0 Å². The third kappa shape index (κ3) is 5.85. The molecule has 7 nitrogen and oxygen atoms in total. The molecule has 1 amide bonds. The minimum absolute atomic E-state index is 0.0327. The highest BCUT2D eigenvalue weighted by Gasteiger charge is 2.37. The Hall–Kier alpha value is -3.40. The van der Waals surface area contributed by atoms with Gasteiger partial charge in [0.15, 0.2) is 0 Å². The van der Waals surface area contributed by atoms with Crippen molar-refractivity contribution in [2.75, 3.05) is 18.4 Å². The molecule has 1 atom stereocenters. The summed E-state index contributed by atoms with van der Waals surface area (Å²) in [7, 11) is 0. The SMILES string of the molecule is CC(C)NC(=O)c1ccc(-n2nc(C(F)(F)F)nc2Nc2ccc3c(c2)CCC(N2CCCC2)CC3)cc1. The fourth-order valence-electron chi connectivity index (χ4n) is 5.36. The molecule has 2 heterocycles. The Labute approximate surface area is 220 Å². The Bertz CT molecular complexity index is 1280. The van der Waals surface area contributed by atoms with Crippen LogP contribution in [0.1, 0.15) is 66.8 Å². The highest BCUT2D eigenvalue weighted by Crippen LogP contribution is 2.32. The Morgan fingerprint density at radius 3 is 2.34 bits per heavy atom. The highest BCUT2D eigenvalue weighted by molar-refractivity contribution is 5.94. The van der Waals surface area contributed by atoms with E-state index in [1.54, 1.807) is 24.3 Å². The van der Waals surface area contributed by atoms with Crippen molar-refractivity contribution in [3.8, 4) is 5.69 Å². The van der Waals surface area contributed by atoms with Gasteiger partial charge in [-0.25, -0.2) is 0 Å². The van der Waals surface area contributed by atoms with Crippen LogP contribution in [0.4, 0.5) is 24.8 Å². The van der Waals surface area contributed by atoms with Crippen LogP contribution in [0.5, 0.6) is 0 Å². The maximum absolute atomic E-state index is 13.5. The molecule has 1 aromatic heterocycles. The number of carbonyl (C=O) groups excluding carboxylic acids is 1. The van der Waals surface area contributed by atoms with E-state index in [0.717, 1.165) is 30.4 Å². The average molecular weight is 527 g/mol. The van der Waals surface area contributed by atoms with Crippen molar-refractivity contribution in [1.82, 2.24) is 25.0 Å². The third-order valence-electron chi connectivity index (χ3n) is 7.27. The molecule has 0 radical (unpaired) electrons. The maximum atomic E-state index is 13.5. The first-order valence-electron chi connectivity index (χ1n) is 13.3. The first kappa shape index (κ1) is 26.2. The van der Waals surface area contributed by atoms with E-state index in [1.165, 1.54) is 37.1 Å². The third-order valence-corrected chi connectivity index (χ3v) is 7.27. The second-order valence-corrected chi connectivity index (χ2v) is 10.4. The van der Waals surface area contributed by atoms with Crippen molar-refractivity contribution in [3.05, 3.63) is 65.0 Å². The first-order valence-corrected chi connectivity index (χ1v) is 13.3. The normalized spacial score (nSPS) is 18.3. The number of anilines is 2. The van der Waals surface area contributed by atoms with E-state index >= 15 is 0 Å². The number of hydrogen-bond donors (Lipinski definition) is 2. The minimum Gasteiger partial charge on any atom is -0.350 e. The number of rotatable bonds is 6. The topological polar surface area (TPSA) is 75.1 Å². The summed E-state index contributed by atoms with van der Waals surface area (Å²) in [6.45, 7) is 6.06. The summed E-state index contributed by atoms with van der Waals surface area (Å²) in [4.78, 5) is 18.6. The molecule has 1 saturated heterocycles. The fraction of sp³-hybridized carbons (Fsp3) is 0.464. The minimum atomic E-state index is -4.70. The molecule has 38 heavy (non-hydrogen) atoms. The van der Waals surface area contributed by atoms with Crippen LogP contribution in [0, 0.1) is 0 Å². The van der Waals surface area contributed by atoms with E-state index < -0.39 is 12.0 Å². The average Bonchev–Trinajstić information content (AvgIpc) is 3.51. The molecular weight excluding hydrogens is 493 g/mol. The van der Waals surface area contributed by atoms with Crippen molar-refractivity contribution in [1.29, 1.82) is 0 Å². The summed E-state index contributed by atoms with van der Waals surface area (Å²) >= 11 is 0. The standard InChI is InChI=1S/C28H33F3N6O/c1-18(2)32-25(38)20-7-13-24(14-8-20)37-27(34-26(35-37)28(29,30)31)33-22-10-5-19-6-11-23(12-9-21(19)17-22)36-15-3-4-16-36/h5,7-8,10,13-14,17-18,23H,3-4,6,9,11-12,15-16H2,1-2H3,(H,32,38)(H,33,34,35). The predicted octanol–water partition coefficient (Wildman–Crippen LogP) is 5.51. The van der Waals surface area contributed by atoms with Crippen molar-refractivity contribution in [2.45, 2.75) is 70.6 Å². The predicted molar refractivity (Wildman–Crippen MR) is 140 cm³/mol. The van der Waals surface area contributed by atoms with Gasteiger partial charge in [0.25, 0.3) is 11.7 Å². The van der Waals surface area contributed by atoms with Gasteiger partial charge < -0.3 is 15.5 Å². The Kier molecular flexibility index (Phi) is 7.43. The molecule has 0 bridgehead atoms. The number of hydrogen-bond acceptors (Lipinski definition) is 5. The quantitative estimate of drug-likeness (QED) is 0.415. The molecule has 0 spiro atoms. The number of alkyl halides is 3. The van der Waals surface area contributed by atoms with Gasteiger partial charge in [-0.3, -0.25) is 4.79 Å². The Balaban J connectivity index is 1.39. The molecule has 0 saturated carbocycles. The molecule has 2 N–H and O–H groups in total. The molecule has 2 aliphatic rings. The van der Waals surface area contributed by atoms with E-state index in [9.17, 15) is 18.0 Å². The van der Waals surface area contributed by atoms with Gasteiger partial charge in [0.2, 0.25) is 5.95 Å². The summed E-state index contributed by atoms with van der Waals surface area (Å²) in [5, 5.41) is 9.60. The van der Waals surface area contributed by atoms with Crippen LogP contribution in [-0.4, -0.2) is 50.7 Å². The molecule has 2 aromatic carbocycles. The lowest BCUT2D eigenvalue weighted by Crippen LogP contribution is -2.32. The summed E-state index contributed by atoms with van der Waals surface area (Å²) in [6.07, 6.45) is 2.00. The lowest BCUT2D eigenvalue weighted by molar-refractivity contribution is -0.144. The number of benzene rings is 2. The lowest BCUT2D eigenvalue weighted by Gasteiger charge is -2.25. The van der Waals surface area contributed by atoms with Crippen LogP contribution < -0.4 is 10.6 Å². The number of halogens is 3. The van der Waals surface area contributed by atoms with Gasteiger partial charge >= 0.3 is 6.18 Å². The van der Waals surface area contributed by atoms with Gasteiger partial charge in [-0.05, 0) is 113 Å². The lowest BCUT2D eigenvalue weighted by atomic mass is 10.0. The van der Waals surface area contributed by atoms with E-state index in [2.05, 4.69) is 31.7 Å². The molecule has 1 aliphatic heterocycles. The smallest absolute Gasteiger partial charge is 0.350 e. The van der Waals surface area contributed by atoms with Gasteiger partial charge in [0, 0.05) is 23.3 Å². The number of carbonyl (C=O) groups is 1. The summed E-state index contributed by atoms with van der Waals surface area (Å²) < 4.78 is 41.7. The van der Waals surface area contributed by atoms with Crippen molar-refractivity contribution in [2.24, 2.45) is 0 Å². The van der Waals surface area contributed by atoms with Gasteiger partial charge in [-0.15, -0.1) is 5.10 Å². The van der Waals surface area contributed by atoms with E-state index in [4.69, 9.17) is 0 Å². The van der Waals surface area contributed by atoms with Gasteiger partial charge in [-0.2, -0.15) is 22.8 Å². The molecule has 10 heteroatoms. The maximum Gasteiger partial charge on any atom is 0.453 e. The molecule has 1 fully saturated rings. The largest absolute Gasteiger partial charge is 0.453 e. The number of aryl methyl sites for hydroxylation is 2. The van der Waals surface area contributed by atoms with E-state index in [-0.39, 0.29) is 17.9 Å². The van der Waals surface area contributed by atoms with Gasteiger partial charge in [-0.1, -0.05) is 6.07 Å². The zero-order chi connectivity index (χ0) is 26.9. The fourth-order valence-corrected chi connectivity index (χ4v) is 5.36. The number of nitrogens with one attached hydrogen (secondary N) is 2. The summed E-state index contributed by atoms with van der Waals surface area (Å²) in [6, 6.07) is 12.8. The number of aromatic nitrogens is 3. The molecule has 5 rings (SSSR count). The molecule has 202 valence electrons. The first-order chi connectivity index (χ1) is 18.2. The number of fused-ring (bicyclic) bond motifs is 1. The van der Waals surface area contributed by atoms with Crippen LogP contribution in [0.15, 0.2) is 42.5 Å². The number of amides is 1. The highest BCUT2D eigenvalue weighted by atomic mass is 19.4. The van der Waals surface area contributed by atoms with Crippen molar-refractivity contribution < 1.29 is 18.0 Å². The van der Waals surface area contributed by atoms with E-state index in [0.29, 0.717) is 23.0 Å². The van der Waals surface area contributed by atoms with Gasteiger partial charge in [0.05, 0.1) is 5.69 Å².